The quantitative estimate of drug-likeness (QED) is 0.668. The highest BCUT2D eigenvalue weighted by Gasteiger charge is 2.38. The molecule has 0 aliphatic carbocycles. The van der Waals surface area contributed by atoms with Gasteiger partial charge in [0.1, 0.15) is 0 Å². The van der Waals surface area contributed by atoms with Crippen molar-refractivity contribution in [3.63, 3.8) is 0 Å². The fourth-order valence-electron chi connectivity index (χ4n) is 1.61. The maximum atomic E-state index is 11.4. The number of carboxylic acids is 1. The number of carboxylic acid groups (broad SMARTS) is 1. The summed E-state index contributed by atoms with van der Waals surface area (Å²) < 4.78 is 5.33. The molecule has 1 heterocycles. The molecule has 84 valence electrons. The molecule has 0 aromatic carbocycles. The number of aliphatic carboxylic acids is 1. The average molecular weight is 213 g/mol. The molecule has 1 saturated heterocycles. The van der Waals surface area contributed by atoms with Crippen molar-refractivity contribution < 1.29 is 19.4 Å². The zero-order chi connectivity index (χ0) is 11.6. The second kappa shape index (κ2) is 4.02. The summed E-state index contributed by atoms with van der Waals surface area (Å²) in [5, 5.41) is 8.85. The van der Waals surface area contributed by atoms with E-state index in [0.717, 1.165) is 0 Å². The Bertz CT molecular complexity index is 298. The van der Waals surface area contributed by atoms with Crippen LogP contribution in [0.4, 0.5) is 0 Å². The SMILES string of the molecule is C=CC(=O)N1CC(C(=O)O)OC(C)(C)C1. The summed E-state index contributed by atoms with van der Waals surface area (Å²) in [4.78, 5) is 23.6. The summed E-state index contributed by atoms with van der Waals surface area (Å²) in [5.41, 5.74) is -0.639. The highest BCUT2D eigenvalue weighted by Crippen LogP contribution is 2.21. The highest BCUT2D eigenvalue weighted by molar-refractivity contribution is 5.87. The van der Waals surface area contributed by atoms with E-state index in [-0.39, 0.29) is 12.5 Å². The number of hydrogen-bond donors (Lipinski definition) is 1. The maximum absolute atomic E-state index is 11.4. The Labute approximate surface area is 88.3 Å². The first kappa shape index (κ1) is 11.7. The van der Waals surface area contributed by atoms with Crippen LogP contribution in [0.1, 0.15) is 13.8 Å². The van der Waals surface area contributed by atoms with Gasteiger partial charge in [0.05, 0.1) is 12.1 Å². The fraction of sp³-hybridized carbons (Fsp3) is 0.600. The summed E-state index contributed by atoms with van der Waals surface area (Å²) in [6.45, 7) is 7.33. The molecule has 1 fully saturated rings. The van der Waals surface area contributed by atoms with Gasteiger partial charge in [0.2, 0.25) is 5.91 Å². The van der Waals surface area contributed by atoms with Crippen LogP contribution in [-0.4, -0.2) is 46.7 Å². The molecule has 1 rings (SSSR count). The summed E-state index contributed by atoms with van der Waals surface area (Å²) in [7, 11) is 0. The van der Waals surface area contributed by atoms with Gasteiger partial charge in [-0.15, -0.1) is 0 Å². The molecule has 1 unspecified atom stereocenters. The van der Waals surface area contributed by atoms with E-state index in [1.807, 2.05) is 0 Å². The fourth-order valence-corrected chi connectivity index (χ4v) is 1.61. The predicted molar refractivity (Wildman–Crippen MR) is 53.4 cm³/mol. The van der Waals surface area contributed by atoms with Gasteiger partial charge in [0, 0.05) is 6.54 Å². The third-order valence-corrected chi connectivity index (χ3v) is 2.18. The van der Waals surface area contributed by atoms with Crippen molar-refractivity contribution in [2.24, 2.45) is 0 Å². The maximum Gasteiger partial charge on any atom is 0.334 e. The monoisotopic (exact) mass is 213 g/mol. The predicted octanol–water partition coefficient (Wildman–Crippen LogP) is 0.263. The van der Waals surface area contributed by atoms with Gasteiger partial charge in [0.15, 0.2) is 6.10 Å². The van der Waals surface area contributed by atoms with Gasteiger partial charge in [-0.1, -0.05) is 6.58 Å². The van der Waals surface area contributed by atoms with Gasteiger partial charge in [-0.05, 0) is 19.9 Å². The molecule has 1 atom stereocenters. The first-order valence-electron chi connectivity index (χ1n) is 4.68. The average Bonchev–Trinajstić information content (AvgIpc) is 2.14. The molecule has 0 aromatic rings. The Balaban J connectivity index is 2.80. The number of rotatable bonds is 2. The Morgan fingerprint density at radius 2 is 2.20 bits per heavy atom. The Morgan fingerprint density at radius 3 is 2.67 bits per heavy atom. The molecule has 1 aliphatic heterocycles. The lowest BCUT2D eigenvalue weighted by Crippen LogP contribution is -2.56. The van der Waals surface area contributed by atoms with Crippen LogP contribution >= 0.6 is 0 Å². The van der Waals surface area contributed by atoms with Crippen LogP contribution in [0.15, 0.2) is 12.7 Å². The lowest BCUT2D eigenvalue weighted by molar-refractivity contribution is -0.180. The molecule has 0 spiro atoms. The van der Waals surface area contributed by atoms with E-state index < -0.39 is 17.7 Å². The van der Waals surface area contributed by atoms with Crippen molar-refractivity contribution in [3.8, 4) is 0 Å². The molecule has 0 aromatic heterocycles. The van der Waals surface area contributed by atoms with Crippen molar-refractivity contribution in [2.75, 3.05) is 13.1 Å². The molecule has 5 heteroatoms. The van der Waals surface area contributed by atoms with Gasteiger partial charge in [-0.2, -0.15) is 0 Å². The van der Waals surface area contributed by atoms with Crippen molar-refractivity contribution in [3.05, 3.63) is 12.7 Å². The number of amides is 1. The van der Waals surface area contributed by atoms with Crippen LogP contribution in [-0.2, 0) is 14.3 Å². The zero-order valence-electron chi connectivity index (χ0n) is 8.90. The van der Waals surface area contributed by atoms with Crippen LogP contribution in [0.5, 0.6) is 0 Å². The van der Waals surface area contributed by atoms with Crippen LogP contribution in [0, 0.1) is 0 Å². The minimum atomic E-state index is -1.05. The van der Waals surface area contributed by atoms with E-state index in [4.69, 9.17) is 9.84 Å². The first-order chi connectivity index (χ1) is 6.85. The summed E-state index contributed by atoms with van der Waals surface area (Å²) in [5.74, 6) is -1.32. The number of hydrogen-bond acceptors (Lipinski definition) is 3. The number of carbonyl (C=O) groups excluding carboxylic acids is 1. The number of carbonyl (C=O) groups is 2. The summed E-state index contributed by atoms with van der Waals surface area (Å²) in [6, 6.07) is 0. The van der Waals surface area contributed by atoms with Gasteiger partial charge in [-0.25, -0.2) is 4.79 Å². The standard InChI is InChI=1S/C10H15NO4/c1-4-8(12)11-5-7(9(13)14)15-10(2,3)6-11/h4,7H,1,5-6H2,2-3H3,(H,13,14). The second-order valence-corrected chi connectivity index (χ2v) is 4.13. The van der Waals surface area contributed by atoms with E-state index in [1.165, 1.54) is 11.0 Å². The molecule has 15 heavy (non-hydrogen) atoms. The van der Waals surface area contributed by atoms with Gasteiger partial charge >= 0.3 is 5.97 Å². The van der Waals surface area contributed by atoms with Crippen molar-refractivity contribution in [1.29, 1.82) is 0 Å². The minimum Gasteiger partial charge on any atom is -0.479 e. The van der Waals surface area contributed by atoms with E-state index in [0.29, 0.717) is 6.54 Å². The first-order valence-corrected chi connectivity index (χ1v) is 4.68. The Kier molecular flexibility index (Phi) is 3.14. The normalized spacial score (nSPS) is 24.7. The summed E-state index contributed by atoms with van der Waals surface area (Å²) in [6.07, 6.45) is 0.220. The minimum absolute atomic E-state index is 0.0730. The van der Waals surface area contributed by atoms with Crippen LogP contribution in [0.3, 0.4) is 0 Å². The van der Waals surface area contributed by atoms with E-state index in [9.17, 15) is 9.59 Å². The molecule has 1 amide bonds. The molecule has 0 radical (unpaired) electrons. The lowest BCUT2D eigenvalue weighted by Gasteiger charge is -2.40. The molecule has 0 bridgehead atoms. The number of nitrogens with zero attached hydrogens (tertiary/aromatic N) is 1. The molecular weight excluding hydrogens is 198 g/mol. The summed E-state index contributed by atoms with van der Waals surface area (Å²) >= 11 is 0. The van der Waals surface area contributed by atoms with E-state index in [2.05, 4.69) is 6.58 Å². The Hall–Kier alpha value is -1.36. The third-order valence-electron chi connectivity index (χ3n) is 2.18. The van der Waals surface area contributed by atoms with Crippen LogP contribution < -0.4 is 0 Å². The zero-order valence-corrected chi connectivity index (χ0v) is 8.90. The topological polar surface area (TPSA) is 66.8 Å². The molecule has 5 nitrogen and oxygen atoms in total. The number of morpholine rings is 1. The van der Waals surface area contributed by atoms with E-state index in [1.54, 1.807) is 13.8 Å². The molecule has 1 N–H and O–H groups in total. The van der Waals surface area contributed by atoms with Crippen molar-refractivity contribution >= 4 is 11.9 Å². The molecular formula is C10H15NO4. The second-order valence-electron chi connectivity index (χ2n) is 4.13. The smallest absolute Gasteiger partial charge is 0.334 e. The van der Waals surface area contributed by atoms with Crippen LogP contribution in [0.2, 0.25) is 0 Å². The van der Waals surface area contributed by atoms with Crippen molar-refractivity contribution in [1.82, 2.24) is 4.90 Å². The van der Waals surface area contributed by atoms with Gasteiger partial charge < -0.3 is 14.7 Å². The van der Waals surface area contributed by atoms with Gasteiger partial charge in [-0.3, -0.25) is 4.79 Å². The molecule has 0 saturated carbocycles. The largest absolute Gasteiger partial charge is 0.479 e. The Morgan fingerprint density at radius 1 is 1.60 bits per heavy atom. The van der Waals surface area contributed by atoms with Gasteiger partial charge in [0.25, 0.3) is 0 Å². The van der Waals surface area contributed by atoms with E-state index >= 15 is 0 Å². The molecule has 1 aliphatic rings. The van der Waals surface area contributed by atoms with Crippen LogP contribution in [0.25, 0.3) is 0 Å². The third kappa shape index (κ3) is 2.79. The lowest BCUT2D eigenvalue weighted by atomic mass is 10.1. The van der Waals surface area contributed by atoms with Crippen molar-refractivity contribution in [2.45, 2.75) is 25.6 Å². The number of ether oxygens (including phenoxy) is 1. The highest BCUT2D eigenvalue weighted by atomic mass is 16.5.